The molecule has 2 aromatic heterocycles. The maximum Gasteiger partial charge on any atom is 0.433 e. The first-order valence-corrected chi connectivity index (χ1v) is 7.16. The quantitative estimate of drug-likeness (QED) is 0.476. The van der Waals surface area contributed by atoms with Crippen molar-refractivity contribution in [1.82, 2.24) is 10.2 Å². The highest BCUT2D eigenvalue weighted by molar-refractivity contribution is 8.01. The standard InChI is InChI=1S/C9H7N3O6S2/c1-2-17-9(13)20(16)8-11-10-7(19-8)5-3-4-6(18-5)12(14)15/h3-4H,2H2,1H3. The van der Waals surface area contributed by atoms with Crippen molar-refractivity contribution in [2.75, 3.05) is 6.61 Å². The second kappa shape index (κ2) is 5.88. The summed E-state index contributed by atoms with van der Waals surface area (Å²) in [7, 11) is -2.07. The summed E-state index contributed by atoms with van der Waals surface area (Å²) < 4.78 is 21.2. The van der Waals surface area contributed by atoms with Crippen molar-refractivity contribution in [3.63, 3.8) is 0 Å². The second-order valence-corrected chi connectivity index (χ2v) is 5.71. The predicted molar refractivity (Wildman–Crippen MR) is 67.7 cm³/mol. The third-order valence-corrected chi connectivity index (χ3v) is 4.22. The fourth-order valence-corrected chi connectivity index (χ4v) is 2.93. The molecule has 0 aliphatic heterocycles. The van der Waals surface area contributed by atoms with Gasteiger partial charge in [-0.1, -0.05) is 11.3 Å². The van der Waals surface area contributed by atoms with Gasteiger partial charge < -0.3 is 9.15 Å². The van der Waals surface area contributed by atoms with E-state index >= 15 is 0 Å². The lowest BCUT2D eigenvalue weighted by atomic mass is 10.5. The summed E-state index contributed by atoms with van der Waals surface area (Å²) in [5.41, 5.74) is 0. The van der Waals surface area contributed by atoms with Crippen LogP contribution in [0.2, 0.25) is 0 Å². The average molecular weight is 317 g/mol. The Morgan fingerprint density at radius 3 is 2.90 bits per heavy atom. The Balaban J connectivity index is 2.22. The minimum absolute atomic E-state index is 0.0579. The van der Waals surface area contributed by atoms with Crippen LogP contribution in [-0.2, 0) is 15.5 Å². The lowest BCUT2D eigenvalue weighted by Gasteiger charge is -1.96. The van der Waals surface area contributed by atoms with E-state index in [2.05, 4.69) is 14.9 Å². The van der Waals surface area contributed by atoms with Gasteiger partial charge in [-0.05, 0) is 13.0 Å². The summed E-state index contributed by atoms with van der Waals surface area (Å²) in [6, 6.07) is 2.51. The van der Waals surface area contributed by atoms with E-state index in [-0.39, 0.29) is 21.7 Å². The number of hydrogen-bond donors (Lipinski definition) is 0. The number of carbonyl (C=O) groups excluding carboxylic acids is 1. The first-order valence-electron chi connectivity index (χ1n) is 5.19. The zero-order valence-electron chi connectivity index (χ0n) is 9.97. The van der Waals surface area contributed by atoms with Crippen molar-refractivity contribution < 1.29 is 23.1 Å². The Morgan fingerprint density at radius 1 is 1.55 bits per heavy atom. The van der Waals surface area contributed by atoms with Gasteiger partial charge in [-0.15, -0.1) is 10.2 Å². The van der Waals surface area contributed by atoms with E-state index in [0.717, 1.165) is 11.3 Å². The highest BCUT2D eigenvalue weighted by Gasteiger charge is 2.23. The number of aromatic nitrogens is 2. The molecule has 9 nitrogen and oxygen atoms in total. The van der Waals surface area contributed by atoms with Gasteiger partial charge in [-0.25, -0.2) is 9.00 Å². The Labute approximate surface area is 118 Å². The zero-order chi connectivity index (χ0) is 14.7. The van der Waals surface area contributed by atoms with Crippen molar-refractivity contribution >= 4 is 33.3 Å². The molecule has 0 aliphatic rings. The summed E-state index contributed by atoms with van der Waals surface area (Å²) >= 11 is 0.834. The zero-order valence-corrected chi connectivity index (χ0v) is 11.6. The topological polar surface area (TPSA) is 125 Å². The Morgan fingerprint density at radius 2 is 2.30 bits per heavy atom. The third kappa shape index (κ3) is 2.88. The van der Waals surface area contributed by atoms with E-state index in [9.17, 15) is 19.1 Å². The number of furan rings is 1. The molecule has 11 heteroatoms. The molecule has 2 aromatic rings. The summed E-state index contributed by atoms with van der Waals surface area (Å²) in [5, 5.41) is 17.0. The number of hydrogen-bond acceptors (Lipinski definition) is 9. The second-order valence-electron chi connectivity index (χ2n) is 3.22. The smallest absolute Gasteiger partial charge is 0.433 e. The van der Waals surface area contributed by atoms with E-state index in [1.807, 2.05) is 0 Å². The molecule has 0 amide bonds. The van der Waals surface area contributed by atoms with Crippen molar-refractivity contribution in [3.8, 4) is 10.8 Å². The molecule has 0 bridgehead atoms. The molecule has 106 valence electrons. The molecule has 0 saturated carbocycles. The van der Waals surface area contributed by atoms with Crippen molar-refractivity contribution in [1.29, 1.82) is 0 Å². The van der Waals surface area contributed by atoms with Gasteiger partial charge in [0.25, 0.3) is 0 Å². The molecule has 0 radical (unpaired) electrons. The third-order valence-electron chi connectivity index (χ3n) is 1.96. The van der Waals surface area contributed by atoms with E-state index in [4.69, 9.17) is 4.42 Å². The van der Waals surface area contributed by atoms with Crippen LogP contribution in [0.5, 0.6) is 0 Å². The lowest BCUT2D eigenvalue weighted by Crippen LogP contribution is -2.09. The van der Waals surface area contributed by atoms with Crippen molar-refractivity contribution in [3.05, 3.63) is 22.2 Å². The van der Waals surface area contributed by atoms with Gasteiger partial charge in [0.05, 0.1) is 12.7 Å². The number of ether oxygens (including phenoxy) is 1. The largest absolute Gasteiger partial charge is 0.456 e. The van der Waals surface area contributed by atoms with E-state index in [1.54, 1.807) is 6.92 Å². The maximum absolute atomic E-state index is 11.7. The Bertz CT molecular complexity index is 679. The molecule has 20 heavy (non-hydrogen) atoms. The van der Waals surface area contributed by atoms with Crippen molar-refractivity contribution in [2.45, 2.75) is 11.3 Å². The van der Waals surface area contributed by atoms with Crippen LogP contribution in [-0.4, -0.2) is 31.2 Å². The number of carbonyl (C=O) groups is 1. The summed E-state index contributed by atoms with van der Waals surface area (Å²) in [6.07, 6.45) is 0. The molecule has 0 saturated heterocycles. The predicted octanol–water partition coefficient (Wildman–Crippen LogP) is 1.97. The molecule has 2 rings (SSSR count). The molecular weight excluding hydrogens is 310 g/mol. The normalized spacial score (nSPS) is 12.1. The fraction of sp³-hybridized carbons (Fsp3) is 0.222. The molecule has 0 spiro atoms. The first kappa shape index (κ1) is 14.3. The minimum atomic E-state index is -2.07. The SMILES string of the molecule is CCOC(=O)S(=O)c1nnc(-c2ccc([N+](=O)[O-])o2)s1. The van der Waals surface area contributed by atoms with Gasteiger partial charge >= 0.3 is 11.2 Å². The van der Waals surface area contributed by atoms with Gasteiger partial charge in [0.2, 0.25) is 4.34 Å². The highest BCUT2D eigenvalue weighted by Crippen LogP contribution is 2.29. The van der Waals surface area contributed by atoms with Crippen LogP contribution in [0, 0.1) is 10.1 Å². The summed E-state index contributed by atoms with van der Waals surface area (Å²) in [4.78, 5) is 21.1. The van der Waals surface area contributed by atoms with E-state index in [0.29, 0.717) is 0 Å². The van der Waals surface area contributed by atoms with Crippen LogP contribution in [0.25, 0.3) is 10.8 Å². The molecule has 0 aromatic carbocycles. The van der Waals surface area contributed by atoms with Gasteiger partial charge in [0.15, 0.2) is 21.6 Å². The lowest BCUT2D eigenvalue weighted by molar-refractivity contribution is -0.401. The fourth-order valence-electron chi connectivity index (χ4n) is 1.17. The van der Waals surface area contributed by atoms with Crippen LogP contribution in [0.3, 0.4) is 0 Å². The van der Waals surface area contributed by atoms with Gasteiger partial charge in [-0.3, -0.25) is 10.1 Å². The van der Waals surface area contributed by atoms with E-state index in [1.165, 1.54) is 12.1 Å². The monoisotopic (exact) mass is 317 g/mol. The number of rotatable bonds is 4. The summed E-state index contributed by atoms with van der Waals surface area (Å²) in [6.45, 7) is 1.68. The average Bonchev–Trinajstić information content (AvgIpc) is 3.06. The molecule has 1 atom stereocenters. The molecule has 0 fully saturated rings. The van der Waals surface area contributed by atoms with Gasteiger partial charge in [0, 0.05) is 0 Å². The molecular formula is C9H7N3O6S2. The van der Waals surface area contributed by atoms with Crippen LogP contribution < -0.4 is 0 Å². The van der Waals surface area contributed by atoms with E-state index < -0.39 is 26.9 Å². The number of nitrogens with zero attached hydrogens (tertiary/aromatic N) is 3. The highest BCUT2D eigenvalue weighted by atomic mass is 32.2. The van der Waals surface area contributed by atoms with Crippen LogP contribution in [0.4, 0.5) is 10.7 Å². The Kier molecular flexibility index (Phi) is 4.20. The van der Waals surface area contributed by atoms with Crippen LogP contribution >= 0.6 is 11.3 Å². The van der Waals surface area contributed by atoms with Crippen LogP contribution in [0.15, 0.2) is 20.9 Å². The van der Waals surface area contributed by atoms with Crippen molar-refractivity contribution in [2.24, 2.45) is 0 Å². The molecule has 2 heterocycles. The van der Waals surface area contributed by atoms with Gasteiger partial charge in [0.1, 0.15) is 4.92 Å². The summed E-state index contributed by atoms with van der Waals surface area (Å²) in [5.74, 6) is -0.329. The number of nitro groups is 1. The maximum atomic E-state index is 11.7. The molecule has 1 unspecified atom stereocenters. The van der Waals surface area contributed by atoms with Gasteiger partial charge in [-0.2, -0.15) is 0 Å². The van der Waals surface area contributed by atoms with Crippen LogP contribution in [0.1, 0.15) is 6.92 Å². The minimum Gasteiger partial charge on any atom is -0.456 e. The molecule has 0 aliphatic carbocycles. The first-order chi connectivity index (χ1) is 9.52. The Hall–Kier alpha value is -2.14. The molecule has 0 N–H and O–H groups in total.